The molecule has 0 spiro atoms. The predicted molar refractivity (Wildman–Crippen MR) is 208 cm³/mol. The molecule has 10 nitrogen and oxygen atoms in total. The van der Waals surface area contributed by atoms with Crippen LogP contribution in [0.1, 0.15) is 77.2 Å². The Morgan fingerprint density at radius 1 is 0.870 bits per heavy atom. The summed E-state index contributed by atoms with van der Waals surface area (Å²) in [6, 6.07) is 31.8. The number of ketones is 1. The largest absolute Gasteiger partial charge is 0.506 e. The highest BCUT2D eigenvalue weighted by molar-refractivity contribution is 5.97. The molecule has 54 heavy (non-hydrogen) atoms. The molecule has 4 aromatic carbocycles. The maximum Gasteiger partial charge on any atom is 0.347 e. The number of Topliss-reactive ketones (excluding diaryl/α,β-unsaturated/α-hetero) is 1. The number of benzene rings is 4. The number of hydrogen-bond acceptors (Lipinski definition) is 9. The highest BCUT2D eigenvalue weighted by Crippen LogP contribution is 2.33. The van der Waals surface area contributed by atoms with Crippen LogP contribution in [-0.2, 0) is 21.7 Å². The molecule has 1 aromatic heterocycles. The normalized spacial score (nSPS) is 15.4. The number of nitrogens with zero attached hydrogens (tertiary/aromatic N) is 1. The fourth-order valence-electron chi connectivity index (χ4n) is 7.21. The molecule has 282 valence electrons. The lowest BCUT2D eigenvalue weighted by Gasteiger charge is -2.33. The molecule has 1 aliphatic rings. The van der Waals surface area contributed by atoms with Crippen LogP contribution in [0.15, 0.2) is 114 Å². The average Bonchev–Trinajstić information content (AvgIpc) is 3.20. The molecule has 0 radical (unpaired) electrons. The van der Waals surface area contributed by atoms with Crippen LogP contribution >= 0.6 is 0 Å². The second kappa shape index (κ2) is 18.3. The highest BCUT2D eigenvalue weighted by atomic mass is 16.5. The van der Waals surface area contributed by atoms with Crippen molar-refractivity contribution in [2.24, 2.45) is 5.92 Å². The number of rotatable bonds is 17. The summed E-state index contributed by atoms with van der Waals surface area (Å²) in [5.74, 6) is -0.694. The van der Waals surface area contributed by atoms with Crippen molar-refractivity contribution >= 4 is 22.7 Å². The standard InChI is InChI=1S/C44H49N3O7/c48-38(17-8-3-9-24-45-28-40(50)36-18-20-39(49)42-37(36)19-21-41(51)46-42)33-13-10-16-35(27-33)44(53,34-14-6-2-7-15-34)43(52)54-30-32-22-25-47(26-23-32)29-31-11-4-1-5-12-31/h1-2,4-7,10-16,18-21,27,32,40,45,49-50,53H,3,8-9,17,22-26,28-30H2,(H,46,51)/t40-,44?/m0/s1. The Kier molecular flexibility index (Phi) is 13.1. The van der Waals surface area contributed by atoms with Gasteiger partial charge in [-0.05, 0) is 86.1 Å². The Bertz CT molecular complexity index is 2060. The second-order valence-corrected chi connectivity index (χ2v) is 14.2. The van der Waals surface area contributed by atoms with Gasteiger partial charge in [-0.3, -0.25) is 14.5 Å². The lowest BCUT2D eigenvalue weighted by atomic mass is 9.85. The zero-order valence-corrected chi connectivity index (χ0v) is 30.5. The molecule has 5 aromatic rings. The number of pyridine rings is 1. The van der Waals surface area contributed by atoms with E-state index in [9.17, 15) is 29.7 Å². The molecule has 1 fully saturated rings. The van der Waals surface area contributed by atoms with Crippen molar-refractivity contribution in [3.05, 3.63) is 147 Å². The number of fused-ring (bicyclic) bond motifs is 1. The van der Waals surface area contributed by atoms with E-state index in [-0.39, 0.29) is 41.7 Å². The van der Waals surface area contributed by atoms with Gasteiger partial charge in [0.15, 0.2) is 5.78 Å². The quantitative estimate of drug-likeness (QED) is 0.0441. The molecule has 0 aliphatic carbocycles. The number of hydrogen-bond donors (Lipinski definition) is 5. The number of esters is 1. The zero-order chi connectivity index (χ0) is 37.9. The lowest BCUT2D eigenvalue weighted by Crippen LogP contribution is -2.40. The summed E-state index contributed by atoms with van der Waals surface area (Å²) >= 11 is 0. The number of unbranched alkanes of at least 4 members (excludes halogenated alkanes) is 2. The Morgan fingerprint density at radius 3 is 2.35 bits per heavy atom. The summed E-state index contributed by atoms with van der Waals surface area (Å²) < 4.78 is 5.85. The minimum absolute atomic E-state index is 0.0563. The van der Waals surface area contributed by atoms with Gasteiger partial charge in [-0.1, -0.05) is 91.3 Å². The molecule has 6 rings (SSSR count). The van der Waals surface area contributed by atoms with E-state index in [1.165, 1.54) is 17.7 Å². The molecule has 1 aliphatic heterocycles. The fourth-order valence-corrected chi connectivity index (χ4v) is 7.21. The number of aromatic amines is 1. The lowest BCUT2D eigenvalue weighted by molar-refractivity contribution is -0.164. The number of likely N-dealkylation sites (tertiary alicyclic amines) is 1. The number of piperidine rings is 1. The van der Waals surface area contributed by atoms with Crippen molar-refractivity contribution in [2.75, 3.05) is 32.8 Å². The van der Waals surface area contributed by atoms with Crippen molar-refractivity contribution in [2.45, 2.75) is 56.8 Å². The van der Waals surface area contributed by atoms with E-state index in [4.69, 9.17) is 4.74 Å². The summed E-state index contributed by atoms with van der Waals surface area (Å²) in [5.41, 5.74) is 0.846. The molecular formula is C44H49N3O7. The molecule has 1 unspecified atom stereocenters. The molecule has 0 bridgehead atoms. The van der Waals surface area contributed by atoms with E-state index < -0.39 is 17.7 Å². The van der Waals surface area contributed by atoms with Crippen molar-refractivity contribution in [3.8, 4) is 5.75 Å². The van der Waals surface area contributed by atoms with Gasteiger partial charge in [0.05, 0.1) is 18.2 Å². The van der Waals surface area contributed by atoms with Gasteiger partial charge in [0, 0.05) is 42.1 Å². The topological polar surface area (TPSA) is 152 Å². The van der Waals surface area contributed by atoms with Gasteiger partial charge in [-0.15, -0.1) is 0 Å². The highest BCUT2D eigenvalue weighted by Gasteiger charge is 2.42. The number of aliphatic hydroxyl groups is 2. The number of carbonyl (C=O) groups is 2. The second-order valence-electron chi connectivity index (χ2n) is 14.2. The number of phenolic OH excluding ortho intramolecular Hbond substituents is 1. The number of aromatic nitrogens is 1. The molecule has 1 saturated heterocycles. The first-order valence-corrected chi connectivity index (χ1v) is 18.8. The van der Waals surface area contributed by atoms with Gasteiger partial charge < -0.3 is 30.4 Å². The smallest absolute Gasteiger partial charge is 0.347 e. The fraction of sp³-hybridized carbons (Fsp3) is 0.341. The van der Waals surface area contributed by atoms with E-state index in [2.05, 4.69) is 39.5 Å². The third kappa shape index (κ3) is 9.50. The number of H-pyrrole nitrogens is 1. The number of aliphatic hydroxyl groups excluding tert-OH is 1. The molecule has 10 heteroatoms. The van der Waals surface area contributed by atoms with E-state index in [0.29, 0.717) is 47.0 Å². The van der Waals surface area contributed by atoms with Crippen molar-refractivity contribution < 1.29 is 29.6 Å². The summed E-state index contributed by atoms with van der Waals surface area (Å²) in [7, 11) is 0. The van der Waals surface area contributed by atoms with Crippen LogP contribution in [0, 0.1) is 5.92 Å². The van der Waals surface area contributed by atoms with Crippen LogP contribution in [0.2, 0.25) is 0 Å². The molecular weight excluding hydrogens is 682 g/mol. The van der Waals surface area contributed by atoms with Crippen LogP contribution in [-0.4, -0.2) is 69.7 Å². The average molecular weight is 732 g/mol. The van der Waals surface area contributed by atoms with E-state index in [0.717, 1.165) is 45.3 Å². The van der Waals surface area contributed by atoms with Crippen LogP contribution < -0.4 is 10.9 Å². The summed E-state index contributed by atoms with van der Waals surface area (Å²) in [5, 5.41) is 36.8. The van der Waals surface area contributed by atoms with Crippen LogP contribution in [0.3, 0.4) is 0 Å². The van der Waals surface area contributed by atoms with Gasteiger partial charge >= 0.3 is 5.97 Å². The maximum absolute atomic E-state index is 13.8. The van der Waals surface area contributed by atoms with Crippen LogP contribution in [0.25, 0.3) is 10.9 Å². The number of carbonyl (C=O) groups excluding carboxylic acids is 2. The molecule has 5 N–H and O–H groups in total. The van der Waals surface area contributed by atoms with Gasteiger partial charge in [0.2, 0.25) is 11.2 Å². The van der Waals surface area contributed by atoms with Crippen molar-refractivity contribution in [3.63, 3.8) is 0 Å². The van der Waals surface area contributed by atoms with Gasteiger partial charge in [-0.25, -0.2) is 4.79 Å². The first-order valence-electron chi connectivity index (χ1n) is 18.8. The van der Waals surface area contributed by atoms with E-state index >= 15 is 0 Å². The zero-order valence-electron chi connectivity index (χ0n) is 30.5. The number of nitrogens with one attached hydrogen (secondary N) is 2. The monoisotopic (exact) mass is 731 g/mol. The Labute approximate surface area is 315 Å². The Hall–Kier alpha value is -5.13. The summed E-state index contributed by atoms with van der Waals surface area (Å²) in [6.07, 6.45) is 3.47. The van der Waals surface area contributed by atoms with Crippen LogP contribution in [0.4, 0.5) is 0 Å². The first kappa shape index (κ1) is 38.6. The van der Waals surface area contributed by atoms with Crippen molar-refractivity contribution in [1.82, 2.24) is 15.2 Å². The van der Waals surface area contributed by atoms with E-state index in [1.54, 1.807) is 60.7 Å². The maximum atomic E-state index is 13.8. The number of ether oxygens (including phenoxy) is 1. The Balaban J connectivity index is 0.985. The third-order valence-corrected chi connectivity index (χ3v) is 10.4. The number of phenols is 1. The molecule has 2 atom stereocenters. The number of aromatic hydroxyl groups is 1. The van der Waals surface area contributed by atoms with Gasteiger partial charge in [0.25, 0.3) is 0 Å². The minimum Gasteiger partial charge on any atom is -0.506 e. The summed E-state index contributed by atoms with van der Waals surface area (Å²) in [6.45, 7) is 3.85. The first-order chi connectivity index (χ1) is 26.2. The van der Waals surface area contributed by atoms with Crippen molar-refractivity contribution in [1.29, 1.82) is 0 Å². The Morgan fingerprint density at radius 2 is 1.59 bits per heavy atom. The third-order valence-electron chi connectivity index (χ3n) is 10.4. The predicted octanol–water partition coefficient (Wildman–Crippen LogP) is 5.99. The van der Waals surface area contributed by atoms with Crippen LogP contribution in [0.5, 0.6) is 5.75 Å². The molecule has 0 amide bonds. The van der Waals surface area contributed by atoms with E-state index in [1.807, 2.05) is 12.1 Å². The SMILES string of the molecule is O=C(CCCCCNC[C@H](O)c1ccc(O)c2[nH]c(=O)ccc12)c1cccc(C(O)(C(=O)OCC2CCN(Cc3ccccc3)CC2)c2ccccc2)c1. The molecule has 0 saturated carbocycles. The van der Waals surface area contributed by atoms with Gasteiger partial charge in [-0.2, -0.15) is 0 Å². The minimum atomic E-state index is -2.08. The van der Waals surface area contributed by atoms with Gasteiger partial charge in [0.1, 0.15) is 5.75 Å². The summed E-state index contributed by atoms with van der Waals surface area (Å²) in [4.78, 5) is 43.8. The molecule has 2 heterocycles.